The quantitative estimate of drug-likeness (QED) is 0.115. The number of hydrogen-bond acceptors (Lipinski definition) is 2. The number of unbranched alkanes of at least 4 members (excludes halogenated alkanes) is 5. The van der Waals surface area contributed by atoms with Gasteiger partial charge < -0.3 is 11.5 Å². The lowest BCUT2D eigenvalue weighted by Gasteiger charge is -2.18. The Labute approximate surface area is 249 Å². The van der Waals surface area contributed by atoms with E-state index in [9.17, 15) is 0 Å². The highest BCUT2D eigenvalue weighted by Gasteiger charge is 2.12. The van der Waals surface area contributed by atoms with Crippen molar-refractivity contribution in [1.82, 2.24) is 0 Å². The van der Waals surface area contributed by atoms with Crippen LogP contribution >= 0.6 is 0 Å². The fourth-order valence-corrected chi connectivity index (χ4v) is 6.02. The monoisotopic (exact) mass is 546 g/mol. The summed E-state index contributed by atoms with van der Waals surface area (Å²) in [7, 11) is 0. The number of benzene rings is 4. The van der Waals surface area contributed by atoms with E-state index in [1.54, 1.807) is 0 Å². The van der Waals surface area contributed by atoms with Gasteiger partial charge >= 0.3 is 0 Å². The van der Waals surface area contributed by atoms with E-state index in [0.717, 1.165) is 37.1 Å². The van der Waals surface area contributed by atoms with E-state index >= 15 is 0 Å². The second kappa shape index (κ2) is 15.5. The van der Waals surface area contributed by atoms with Crippen LogP contribution in [-0.2, 0) is 25.7 Å². The topological polar surface area (TPSA) is 52.0 Å². The Hall–Kier alpha value is -3.52. The molecule has 0 radical (unpaired) electrons. The molecule has 4 aromatic carbocycles. The van der Waals surface area contributed by atoms with Gasteiger partial charge in [0.05, 0.1) is 0 Å². The zero-order valence-corrected chi connectivity index (χ0v) is 25.6. The van der Waals surface area contributed by atoms with Crippen LogP contribution in [0.5, 0.6) is 0 Å². The van der Waals surface area contributed by atoms with Gasteiger partial charge in [-0.2, -0.15) is 0 Å². The number of nitrogen functional groups attached to an aromatic ring is 2. The highest BCUT2D eigenvalue weighted by Crippen LogP contribution is 2.24. The highest BCUT2D eigenvalue weighted by atomic mass is 14.5. The van der Waals surface area contributed by atoms with Crippen LogP contribution in [0.15, 0.2) is 84.9 Å². The summed E-state index contributed by atoms with van der Waals surface area (Å²) in [5.41, 5.74) is 24.4. The average molecular weight is 547 g/mol. The second-order valence-corrected chi connectivity index (χ2v) is 12.2. The molecule has 4 aromatic rings. The number of rotatable bonds is 15. The average Bonchev–Trinajstić information content (AvgIpc) is 2.95. The molecule has 0 unspecified atom stereocenters. The summed E-state index contributed by atoms with van der Waals surface area (Å²) in [6.45, 7) is 6.59. The second-order valence-electron chi connectivity index (χ2n) is 12.2. The van der Waals surface area contributed by atoms with Gasteiger partial charge in [0, 0.05) is 11.4 Å². The predicted molar refractivity (Wildman–Crippen MR) is 179 cm³/mol. The van der Waals surface area contributed by atoms with Gasteiger partial charge in [0.15, 0.2) is 0 Å². The minimum Gasteiger partial charge on any atom is -0.399 e. The molecule has 0 saturated heterocycles. The minimum atomic E-state index is 0.663. The highest BCUT2D eigenvalue weighted by molar-refractivity contribution is 5.46. The van der Waals surface area contributed by atoms with Gasteiger partial charge in [-0.3, -0.25) is 0 Å². The lowest BCUT2D eigenvalue weighted by Crippen LogP contribution is -2.09. The van der Waals surface area contributed by atoms with E-state index in [1.165, 1.54) is 89.5 Å². The maximum Gasteiger partial charge on any atom is 0.0316 e. The minimum absolute atomic E-state index is 0.663. The third-order valence-electron chi connectivity index (χ3n) is 8.58. The first kappa shape index (κ1) is 30.4. The van der Waals surface area contributed by atoms with Crippen LogP contribution in [0.1, 0.15) is 96.4 Å². The first-order chi connectivity index (χ1) is 19.9. The third-order valence-corrected chi connectivity index (χ3v) is 8.58. The zero-order valence-electron chi connectivity index (χ0n) is 25.6. The molecule has 0 aromatic heterocycles. The first-order valence-corrected chi connectivity index (χ1v) is 15.7. The van der Waals surface area contributed by atoms with Crippen molar-refractivity contribution in [3.05, 3.63) is 129 Å². The molecule has 0 aliphatic carbocycles. The van der Waals surface area contributed by atoms with E-state index in [-0.39, 0.29) is 0 Å². The maximum atomic E-state index is 5.95. The fraction of sp³-hybridized carbons (Fsp3) is 0.385. The molecule has 2 heteroatoms. The Kier molecular flexibility index (Phi) is 11.5. The van der Waals surface area contributed by atoms with E-state index in [2.05, 4.69) is 93.6 Å². The molecule has 0 heterocycles. The summed E-state index contributed by atoms with van der Waals surface area (Å²) in [4.78, 5) is 0. The number of hydrogen-bond donors (Lipinski definition) is 2. The number of nitrogens with two attached hydrogens (primary N) is 2. The summed E-state index contributed by atoms with van der Waals surface area (Å²) in [5, 5.41) is 0. The molecule has 2 nitrogen and oxygen atoms in total. The fourth-order valence-electron chi connectivity index (χ4n) is 6.02. The van der Waals surface area contributed by atoms with Crippen molar-refractivity contribution in [3.63, 3.8) is 0 Å². The first-order valence-electron chi connectivity index (χ1n) is 15.7. The van der Waals surface area contributed by atoms with Gasteiger partial charge in [-0.05, 0) is 121 Å². The van der Waals surface area contributed by atoms with Gasteiger partial charge in [0.1, 0.15) is 0 Å². The molecule has 0 amide bonds. The molecule has 41 heavy (non-hydrogen) atoms. The lowest BCUT2D eigenvalue weighted by molar-refractivity contribution is 0.445. The summed E-state index contributed by atoms with van der Waals surface area (Å²) in [6.07, 6.45) is 13.6. The maximum absolute atomic E-state index is 5.95. The molecule has 4 N–H and O–H groups in total. The van der Waals surface area contributed by atoms with Crippen LogP contribution in [0.2, 0.25) is 0 Å². The van der Waals surface area contributed by atoms with Crippen molar-refractivity contribution in [3.8, 4) is 0 Å². The van der Waals surface area contributed by atoms with Crippen LogP contribution in [0, 0.1) is 19.8 Å². The van der Waals surface area contributed by atoms with Crippen molar-refractivity contribution in [2.75, 3.05) is 11.5 Å². The van der Waals surface area contributed by atoms with E-state index in [0.29, 0.717) is 5.92 Å². The van der Waals surface area contributed by atoms with Crippen molar-refractivity contribution in [2.45, 2.75) is 91.4 Å². The molecular formula is C39H50N2. The largest absolute Gasteiger partial charge is 0.399 e. The van der Waals surface area contributed by atoms with E-state index in [4.69, 9.17) is 11.5 Å². The Bertz CT molecular complexity index is 1250. The van der Waals surface area contributed by atoms with Gasteiger partial charge in [-0.15, -0.1) is 0 Å². The van der Waals surface area contributed by atoms with Crippen LogP contribution in [0.25, 0.3) is 0 Å². The predicted octanol–water partition coefficient (Wildman–Crippen LogP) is 9.80. The van der Waals surface area contributed by atoms with Gasteiger partial charge in [-0.1, -0.05) is 106 Å². The van der Waals surface area contributed by atoms with Crippen molar-refractivity contribution >= 4 is 11.4 Å². The smallest absolute Gasteiger partial charge is 0.0316 e. The van der Waals surface area contributed by atoms with Crippen LogP contribution < -0.4 is 11.5 Å². The van der Waals surface area contributed by atoms with E-state index < -0.39 is 0 Å². The Morgan fingerprint density at radius 2 is 0.927 bits per heavy atom. The molecule has 216 valence electrons. The molecular weight excluding hydrogens is 496 g/mol. The zero-order chi connectivity index (χ0) is 29.0. The van der Waals surface area contributed by atoms with Gasteiger partial charge in [-0.25, -0.2) is 0 Å². The van der Waals surface area contributed by atoms with Crippen LogP contribution in [0.4, 0.5) is 11.4 Å². The summed E-state index contributed by atoms with van der Waals surface area (Å²) < 4.78 is 0. The van der Waals surface area contributed by atoms with E-state index in [1.807, 2.05) is 12.1 Å². The SMILES string of the molecule is CCCCCCCCC(Cc1ccc(Cc2ccc(N)cc2C)cc1)Cc1ccc(Cc2ccc(N)cc2C)cc1. The molecule has 0 bridgehead atoms. The molecule has 0 spiro atoms. The molecule has 4 rings (SSSR count). The molecule has 0 aliphatic heterocycles. The summed E-state index contributed by atoms with van der Waals surface area (Å²) >= 11 is 0. The molecule has 0 saturated carbocycles. The molecule has 0 atom stereocenters. The van der Waals surface area contributed by atoms with Gasteiger partial charge in [0.2, 0.25) is 0 Å². The Morgan fingerprint density at radius 3 is 1.37 bits per heavy atom. The van der Waals surface area contributed by atoms with Crippen LogP contribution in [-0.4, -0.2) is 0 Å². The lowest BCUT2D eigenvalue weighted by atomic mass is 9.87. The number of anilines is 2. The van der Waals surface area contributed by atoms with Crippen molar-refractivity contribution < 1.29 is 0 Å². The molecule has 0 aliphatic rings. The van der Waals surface area contributed by atoms with Crippen LogP contribution in [0.3, 0.4) is 0 Å². The van der Waals surface area contributed by atoms with Gasteiger partial charge in [0.25, 0.3) is 0 Å². The van der Waals surface area contributed by atoms with Crippen molar-refractivity contribution in [2.24, 2.45) is 5.92 Å². The van der Waals surface area contributed by atoms with Crippen molar-refractivity contribution in [1.29, 1.82) is 0 Å². The number of aryl methyl sites for hydroxylation is 2. The normalized spacial score (nSPS) is 11.3. The Morgan fingerprint density at radius 1 is 0.512 bits per heavy atom. The summed E-state index contributed by atoms with van der Waals surface area (Å²) in [5.74, 6) is 0.663. The standard InChI is InChI=1S/C39H50N2/c1-4-5-6-7-8-9-10-35(25-31-11-15-33(16-12-31)27-36-19-21-38(40)23-29(36)2)26-32-13-17-34(18-14-32)28-37-20-22-39(41)24-30(37)3/h11-24,35H,4-10,25-28,40-41H2,1-3H3. The Balaban J connectivity index is 1.38. The third kappa shape index (κ3) is 9.81. The summed E-state index contributed by atoms with van der Waals surface area (Å²) in [6, 6.07) is 31.2. The molecule has 0 fully saturated rings.